The van der Waals surface area contributed by atoms with Gasteiger partial charge in [0.2, 0.25) is 0 Å². The van der Waals surface area contributed by atoms with Gasteiger partial charge in [-0.1, -0.05) is 0 Å². The summed E-state index contributed by atoms with van der Waals surface area (Å²) in [4.78, 5) is 4.53. The van der Waals surface area contributed by atoms with Gasteiger partial charge in [-0.15, -0.1) is 0 Å². The second-order valence-electron chi connectivity index (χ2n) is 6.08. The summed E-state index contributed by atoms with van der Waals surface area (Å²) in [7, 11) is 0. The standard InChI is InChI=1S/C17H20BrN5O/c18-15-9-21-23-10-13(3-4-17(15)23)16-11-22(12-20-16)6-1-2-14-8-19-5-7-24-14/h3-4,9-12,14,19H,1-2,5-8H2. The zero-order valence-electron chi connectivity index (χ0n) is 13.4. The molecule has 0 amide bonds. The third-order valence-corrected chi connectivity index (χ3v) is 4.96. The van der Waals surface area contributed by atoms with E-state index in [9.17, 15) is 0 Å². The van der Waals surface area contributed by atoms with Crippen molar-refractivity contribution in [2.45, 2.75) is 25.5 Å². The first-order chi connectivity index (χ1) is 11.8. The van der Waals surface area contributed by atoms with E-state index in [1.54, 1.807) is 6.20 Å². The van der Waals surface area contributed by atoms with E-state index in [1.807, 2.05) is 17.0 Å². The minimum Gasteiger partial charge on any atom is -0.376 e. The molecule has 6 nitrogen and oxygen atoms in total. The maximum Gasteiger partial charge on any atom is 0.0953 e. The lowest BCUT2D eigenvalue weighted by atomic mass is 10.2. The molecule has 1 aliphatic heterocycles. The third kappa shape index (κ3) is 3.38. The molecule has 126 valence electrons. The lowest BCUT2D eigenvalue weighted by Gasteiger charge is -2.23. The van der Waals surface area contributed by atoms with Gasteiger partial charge in [0.25, 0.3) is 0 Å². The molecular formula is C17H20BrN5O. The molecular weight excluding hydrogens is 370 g/mol. The number of hydrogen-bond acceptors (Lipinski definition) is 4. The molecule has 1 unspecified atom stereocenters. The molecule has 4 rings (SSSR count). The molecule has 0 aliphatic carbocycles. The highest BCUT2D eigenvalue weighted by Gasteiger charge is 2.12. The van der Waals surface area contributed by atoms with Crippen molar-refractivity contribution >= 4 is 21.4 Å². The Morgan fingerprint density at radius 3 is 3.17 bits per heavy atom. The van der Waals surface area contributed by atoms with Crippen LogP contribution in [0.2, 0.25) is 0 Å². The molecule has 0 saturated carbocycles. The van der Waals surface area contributed by atoms with Gasteiger partial charge < -0.3 is 14.6 Å². The van der Waals surface area contributed by atoms with Crippen LogP contribution in [-0.2, 0) is 11.3 Å². The molecule has 1 saturated heterocycles. The second kappa shape index (κ2) is 7.04. The SMILES string of the molecule is Brc1cnn2cc(-c3cn(CCCC4CNCCO4)cn3)ccc12. The predicted octanol–water partition coefficient (Wildman–Crippen LogP) is 2.73. The molecule has 1 fully saturated rings. The summed E-state index contributed by atoms with van der Waals surface area (Å²) < 4.78 is 10.7. The fourth-order valence-corrected chi connectivity index (χ4v) is 3.45. The smallest absolute Gasteiger partial charge is 0.0953 e. The summed E-state index contributed by atoms with van der Waals surface area (Å²) in [5, 5.41) is 7.70. The molecule has 3 aromatic rings. The van der Waals surface area contributed by atoms with Gasteiger partial charge >= 0.3 is 0 Å². The van der Waals surface area contributed by atoms with Crippen LogP contribution in [0.1, 0.15) is 12.8 Å². The van der Waals surface area contributed by atoms with Crippen LogP contribution >= 0.6 is 15.9 Å². The van der Waals surface area contributed by atoms with Gasteiger partial charge in [0.1, 0.15) is 0 Å². The molecule has 0 spiro atoms. The molecule has 24 heavy (non-hydrogen) atoms. The van der Waals surface area contributed by atoms with Crippen molar-refractivity contribution in [2.75, 3.05) is 19.7 Å². The number of pyridine rings is 1. The van der Waals surface area contributed by atoms with E-state index in [1.165, 1.54) is 0 Å². The zero-order valence-corrected chi connectivity index (χ0v) is 14.9. The maximum atomic E-state index is 5.73. The number of nitrogens with one attached hydrogen (secondary N) is 1. The van der Waals surface area contributed by atoms with Crippen LogP contribution < -0.4 is 5.32 Å². The van der Waals surface area contributed by atoms with Crippen LogP contribution in [0.4, 0.5) is 0 Å². The van der Waals surface area contributed by atoms with Crippen LogP contribution in [0.5, 0.6) is 0 Å². The summed E-state index contributed by atoms with van der Waals surface area (Å²) in [6, 6.07) is 4.13. The summed E-state index contributed by atoms with van der Waals surface area (Å²) >= 11 is 3.50. The van der Waals surface area contributed by atoms with Crippen molar-refractivity contribution < 1.29 is 4.74 Å². The van der Waals surface area contributed by atoms with Gasteiger partial charge in [-0.25, -0.2) is 9.50 Å². The monoisotopic (exact) mass is 389 g/mol. The van der Waals surface area contributed by atoms with E-state index < -0.39 is 0 Å². The number of aromatic nitrogens is 4. The highest BCUT2D eigenvalue weighted by molar-refractivity contribution is 9.10. The maximum absolute atomic E-state index is 5.73. The number of halogens is 1. The van der Waals surface area contributed by atoms with E-state index in [4.69, 9.17) is 4.74 Å². The highest BCUT2D eigenvalue weighted by atomic mass is 79.9. The normalized spacial score (nSPS) is 18.3. The molecule has 0 bridgehead atoms. The van der Waals surface area contributed by atoms with Crippen molar-refractivity contribution in [3.05, 3.63) is 41.5 Å². The lowest BCUT2D eigenvalue weighted by Crippen LogP contribution is -2.38. The van der Waals surface area contributed by atoms with E-state index in [0.29, 0.717) is 6.10 Å². The van der Waals surface area contributed by atoms with Gasteiger partial charge in [0, 0.05) is 37.6 Å². The number of rotatable bonds is 5. The second-order valence-corrected chi connectivity index (χ2v) is 6.93. The lowest BCUT2D eigenvalue weighted by molar-refractivity contribution is 0.0218. The number of nitrogens with zero attached hydrogens (tertiary/aromatic N) is 4. The quantitative estimate of drug-likeness (QED) is 0.728. The summed E-state index contributed by atoms with van der Waals surface area (Å²) in [5.41, 5.74) is 3.09. The van der Waals surface area contributed by atoms with E-state index in [0.717, 1.165) is 60.3 Å². The van der Waals surface area contributed by atoms with Crippen LogP contribution in [0.25, 0.3) is 16.8 Å². The Morgan fingerprint density at radius 1 is 1.33 bits per heavy atom. The van der Waals surface area contributed by atoms with E-state index in [2.05, 4.69) is 54.2 Å². The largest absolute Gasteiger partial charge is 0.376 e. The van der Waals surface area contributed by atoms with Crippen molar-refractivity contribution in [1.82, 2.24) is 24.5 Å². The number of ether oxygens (including phenoxy) is 1. The highest BCUT2D eigenvalue weighted by Crippen LogP contribution is 2.22. The molecule has 1 N–H and O–H groups in total. The van der Waals surface area contributed by atoms with Crippen LogP contribution in [0.3, 0.4) is 0 Å². The zero-order chi connectivity index (χ0) is 16.4. The van der Waals surface area contributed by atoms with Gasteiger partial charge in [-0.3, -0.25) is 0 Å². The van der Waals surface area contributed by atoms with Crippen molar-refractivity contribution in [3.63, 3.8) is 0 Å². The Labute approximate surface area is 149 Å². The summed E-state index contributed by atoms with van der Waals surface area (Å²) in [5.74, 6) is 0. The molecule has 0 radical (unpaired) electrons. The Bertz CT molecular complexity index is 821. The Morgan fingerprint density at radius 2 is 2.29 bits per heavy atom. The Balaban J connectivity index is 1.39. The molecule has 1 atom stereocenters. The third-order valence-electron chi connectivity index (χ3n) is 4.34. The number of morpholine rings is 1. The molecule has 1 aliphatic rings. The first kappa shape index (κ1) is 15.8. The van der Waals surface area contributed by atoms with Crippen LogP contribution in [-0.4, -0.2) is 45.0 Å². The minimum absolute atomic E-state index is 0.349. The van der Waals surface area contributed by atoms with Crippen LogP contribution in [0.15, 0.2) is 41.5 Å². The molecule has 7 heteroatoms. The molecule has 0 aromatic carbocycles. The summed E-state index contributed by atoms with van der Waals surface area (Å²) in [6.07, 6.45) is 10.3. The van der Waals surface area contributed by atoms with Gasteiger partial charge in [-0.05, 0) is 40.9 Å². The summed E-state index contributed by atoms with van der Waals surface area (Å²) in [6.45, 7) is 3.72. The van der Waals surface area contributed by atoms with E-state index >= 15 is 0 Å². The van der Waals surface area contributed by atoms with Gasteiger partial charge in [0.05, 0.1) is 40.9 Å². The molecule has 3 aromatic heterocycles. The fraction of sp³-hybridized carbons (Fsp3) is 0.412. The number of imidazole rings is 1. The average Bonchev–Trinajstić information content (AvgIpc) is 3.23. The van der Waals surface area contributed by atoms with E-state index in [-0.39, 0.29) is 0 Å². The fourth-order valence-electron chi connectivity index (χ4n) is 3.04. The number of fused-ring (bicyclic) bond motifs is 1. The number of hydrogen-bond donors (Lipinski definition) is 1. The predicted molar refractivity (Wildman–Crippen MR) is 96.0 cm³/mol. The van der Waals surface area contributed by atoms with Crippen molar-refractivity contribution in [1.29, 1.82) is 0 Å². The van der Waals surface area contributed by atoms with Gasteiger partial charge in [-0.2, -0.15) is 5.10 Å². The number of aryl methyl sites for hydroxylation is 1. The Hall–Kier alpha value is -1.70. The Kier molecular flexibility index (Phi) is 4.64. The average molecular weight is 390 g/mol. The van der Waals surface area contributed by atoms with Crippen LogP contribution in [0, 0.1) is 0 Å². The minimum atomic E-state index is 0.349. The first-order valence-corrected chi connectivity index (χ1v) is 9.06. The van der Waals surface area contributed by atoms with Gasteiger partial charge in [0.15, 0.2) is 0 Å². The van der Waals surface area contributed by atoms with Crippen molar-refractivity contribution in [2.24, 2.45) is 0 Å². The topological polar surface area (TPSA) is 56.4 Å². The first-order valence-electron chi connectivity index (χ1n) is 8.27. The van der Waals surface area contributed by atoms with Crippen molar-refractivity contribution in [3.8, 4) is 11.3 Å². The molecule has 4 heterocycles.